The van der Waals surface area contributed by atoms with Crippen molar-refractivity contribution in [3.63, 3.8) is 0 Å². The summed E-state index contributed by atoms with van der Waals surface area (Å²) in [6.07, 6.45) is 5.29. The molecule has 2 aromatic carbocycles. The number of piperidine rings is 1. The number of hydrogen-bond acceptors (Lipinski definition) is 4. The van der Waals surface area contributed by atoms with Crippen LogP contribution in [0.2, 0.25) is 0 Å². The second kappa shape index (κ2) is 11.5. The highest BCUT2D eigenvalue weighted by molar-refractivity contribution is 5.94. The molecule has 9 nitrogen and oxygen atoms in total. The van der Waals surface area contributed by atoms with Crippen molar-refractivity contribution in [2.45, 2.75) is 77.0 Å². The van der Waals surface area contributed by atoms with Gasteiger partial charge in [-0.05, 0) is 76.6 Å². The number of amides is 3. The molecule has 4 aromatic rings. The average Bonchev–Trinajstić information content (AvgIpc) is 3.55. The zero-order valence-electron chi connectivity index (χ0n) is 25.0. The predicted molar refractivity (Wildman–Crippen MR) is 164 cm³/mol. The smallest absolute Gasteiger partial charge is 0.408 e. The number of fused-ring (bicyclic) bond motifs is 2. The Bertz CT molecular complexity index is 1590. The van der Waals surface area contributed by atoms with Crippen LogP contribution in [-0.4, -0.2) is 63.0 Å². The van der Waals surface area contributed by atoms with Gasteiger partial charge in [0, 0.05) is 53.7 Å². The van der Waals surface area contributed by atoms with Gasteiger partial charge in [0.05, 0.1) is 0 Å². The maximum absolute atomic E-state index is 14.0. The summed E-state index contributed by atoms with van der Waals surface area (Å²) >= 11 is 0. The van der Waals surface area contributed by atoms with Gasteiger partial charge in [0.1, 0.15) is 17.2 Å². The maximum atomic E-state index is 14.0. The van der Waals surface area contributed by atoms with E-state index in [-0.39, 0.29) is 5.91 Å². The first-order valence-corrected chi connectivity index (χ1v) is 14.6. The van der Waals surface area contributed by atoms with Gasteiger partial charge in [-0.25, -0.2) is 4.79 Å². The first kappa shape index (κ1) is 29.2. The van der Waals surface area contributed by atoms with Crippen molar-refractivity contribution in [3.05, 3.63) is 72.1 Å². The minimum absolute atomic E-state index is 0.126. The standard InChI is InChI=1S/C33H41N5O4/c1-32(2,3)42-31(41)37-33(4,5)30(40)36-28(18-22-19-34-26-12-8-6-10-23(22)26)29(39)38-16-14-21(15-17-38)25-20-35-27-13-9-7-11-24(25)27/h6-13,19-21,28,34-35H,14-18H2,1-5H3,(H,36,40)(H,37,41)/t28-/m1/s1. The lowest BCUT2D eigenvalue weighted by Gasteiger charge is -2.35. The molecule has 1 aliphatic heterocycles. The van der Waals surface area contributed by atoms with Gasteiger partial charge < -0.3 is 30.2 Å². The van der Waals surface area contributed by atoms with Crippen LogP contribution >= 0.6 is 0 Å². The lowest BCUT2D eigenvalue weighted by atomic mass is 9.88. The Balaban J connectivity index is 1.32. The Labute approximate surface area is 246 Å². The second-order valence-corrected chi connectivity index (χ2v) is 12.7. The summed E-state index contributed by atoms with van der Waals surface area (Å²) in [6.45, 7) is 9.69. The predicted octanol–water partition coefficient (Wildman–Crippen LogP) is 5.39. The van der Waals surface area contributed by atoms with Crippen molar-refractivity contribution in [3.8, 4) is 0 Å². The molecule has 42 heavy (non-hydrogen) atoms. The number of nitrogens with one attached hydrogen (secondary N) is 4. The number of rotatable bonds is 7. The molecule has 0 unspecified atom stereocenters. The summed E-state index contributed by atoms with van der Waals surface area (Å²) in [7, 11) is 0. The number of carbonyl (C=O) groups excluding carboxylic acids is 3. The normalized spacial score (nSPS) is 15.5. The van der Waals surface area contributed by atoms with E-state index in [1.165, 1.54) is 10.9 Å². The molecule has 3 amide bonds. The number of likely N-dealkylation sites (tertiary alicyclic amines) is 1. The molecule has 2 aromatic heterocycles. The van der Waals surface area contributed by atoms with Crippen molar-refractivity contribution in [2.24, 2.45) is 0 Å². The van der Waals surface area contributed by atoms with E-state index in [0.29, 0.717) is 25.4 Å². The topological polar surface area (TPSA) is 119 Å². The Morgan fingerprint density at radius 1 is 0.905 bits per heavy atom. The van der Waals surface area contributed by atoms with Crippen molar-refractivity contribution < 1.29 is 19.1 Å². The van der Waals surface area contributed by atoms with Gasteiger partial charge in [-0.1, -0.05) is 36.4 Å². The number of aromatic amines is 2. The molecule has 1 saturated heterocycles. The fourth-order valence-electron chi connectivity index (χ4n) is 5.74. The third-order valence-corrected chi connectivity index (χ3v) is 7.95. The van der Waals surface area contributed by atoms with E-state index in [4.69, 9.17) is 4.74 Å². The molecule has 9 heteroatoms. The molecule has 0 saturated carbocycles. The monoisotopic (exact) mass is 571 g/mol. The molecule has 5 rings (SSSR count). The third-order valence-electron chi connectivity index (χ3n) is 7.95. The van der Waals surface area contributed by atoms with Crippen molar-refractivity contribution >= 4 is 39.7 Å². The highest BCUT2D eigenvalue weighted by atomic mass is 16.6. The molecule has 0 spiro atoms. The van der Waals surface area contributed by atoms with Crippen LogP contribution in [0.3, 0.4) is 0 Å². The zero-order valence-corrected chi connectivity index (χ0v) is 25.0. The number of aromatic nitrogens is 2. The quantitative estimate of drug-likeness (QED) is 0.238. The molecular formula is C33H41N5O4. The van der Waals surface area contributed by atoms with Crippen LogP contribution in [0.5, 0.6) is 0 Å². The molecule has 0 radical (unpaired) electrons. The van der Waals surface area contributed by atoms with E-state index >= 15 is 0 Å². The second-order valence-electron chi connectivity index (χ2n) is 12.7. The lowest BCUT2D eigenvalue weighted by molar-refractivity contribution is -0.138. The first-order valence-electron chi connectivity index (χ1n) is 14.6. The molecular weight excluding hydrogens is 530 g/mol. The van der Waals surface area contributed by atoms with E-state index < -0.39 is 29.2 Å². The molecule has 4 N–H and O–H groups in total. The number of benzene rings is 2. The van der Waals surface area contributed by atoms with E-state index in [9.17, 15) is 14.4 Å². The SMILES string of the molecule is CC(C)(C)OC(=O)NC(C)(C)C(=O)N[C@H](Cc1c[nH]c2ccccc12)C(=O)N1CCC(c2c[nH]c3ccccc23)CC1. The zero-order chi connectivity index (χ0) is 30.1. The summed E-state index contributed by atoms with van der Waals surface area (Å²) in [5, 5.41) is 7.86. The molecule has 3 heterocycles. The molecule has 1 fully saturated rings. The number of hydrogen-bond donors (Lipinski definition) is 4. The van der Waals surface area contributed by atoms with Gasteiger partial charge in [0.15, 0.2) is 0 Å². The Morgan fingerprint density at radius 2 is 1.50 bits per heavy atom. The Morgan fingerprint density at radius 3 is 2.17 bits per heavy atom. The maximum Gasteiger partial charge on any atom is 0.408 e. The summed E-state index contributed by atoms with van der Waals surface area (Å²) in [4.78, 5) is 48.5. The van der Waals surface area contributed by atoms with Crippen LogP contribution in [-0.2, 0) is 20.7 Å². The molecule has 1 aliphatic rings. The molecule has 0 bridgehead atoms. The van der Waals surface area contributed by atoms with Gasteiger partial charge in [0.2, 0.25) is 11.8 Å². The Hall–Kier alpha value is -4.27. The number of H-pyrrole nitrogens is 2. The summed E-state index contributed by atoms with van der Waals surface area (Å²) in [5.41, 5.74) is 2.31. The van der Waals surface area contributed by atoms with Gasteiger partial charge in [0.25, 0.3) is 0 Å². The van der Waals surface area contributed by atoms with Gasteiger partial charge in [-0.2, -0.15) is 0 Å². The number of alkyl carbamates (subject to hydrolysis) is 1. The Kier molecular flexibility index (Phi) is 8.03. The fourth-order valence-corrected chi connectivity index (χ4v) is 5.74. The minimum atomic E-state index is -1.30. The van der Waals surface area contributed by atoms with Crippen LogP contribution in [0, 0.1) is 0 Å². The molecule has 222 valence electrons. The molecule has 0 aliphatic carbocycles. The number of ether oxygens (including phenoxy) is 1. The summed E-state index contributed by atoms with van der Waals surface area (Å²) < 4.78 is 5.36. The van der Waals surface area contributed by atoms with Gasteiger partial charge in [-0.3, -0.25) is 9.59 Å². The highest BCUT2D eigenvalue weighted by Gasteiger charge is 2.36. The van der Waals surface area contributed by atoms with Crippen LogP contribution in [0.25, 0.3) is 21.8 Å². The van der Waals surface area contributed by atoms with E-state index in [0.717, 1.165) is 34.8 Å². The van der Waals surface area contributed by atoms with E-state index in [1.54, 1.807) is 34.6 Å². The van der Waals surface area contributed by atoms with Crippen LogP contribution < -0.4 is 10.6 Å². The average molecular weight is 572 g/mol. The van der Waals surface area contributed by atoms with Gasteiger partial charge >= 0.3 is 6.09 Å². The van der Waals surface area contributed by atoms with Crippen LogP contribution in [0.1, 0.15) is 64.5 Å². The largest absolute Gasteiger partial charge is 0.444 e. The third kappa shape index (κ3) is 6.45. The highest BCUT2D eigenvalue weighted by Crippen LogP contribution is 2.33. The van der Waals surface area contributed by atoms with Crippen LogP contribution in [0.15, 0.2) is 60.9 Å². The van der Waals surface area contributed by atoms with Crippen molar-refractivity contribution in [1.29, 1.82) is 0 Å². The fraction of sp³-hybridized carbons (Fsp3) is 0.424. The number of para-hydroxylation sites is 2. The summed E-state index contributed by atoms with van der Waals surface area (Å²) in [5.74, 6) is -0.233. The lowest BCUT2D eigenvalue weighted by Crippen LogP contribution is -2.60. The molecule has 1 atom stereocenters. The van der Waals surface area contributed by atoms with Crippen LogP contribution in [0.4, 0.5) is 4.79 Å². The van der Waals surface area contributed by atoms with Gasteiger partial charge in [-0.15, -0.1) is 0 Å². The summed E-state index contributed by atoms with van der Waals surface area (Å²) in [6, 6.07) is 15.4. The van der Waals surface area contributed by atoms with Crippen molar-refractivity contribution in [2.75, 3.05) is 13.1 Å². The first-order chi connectivity index (χ1) is 19.9. The number of nitrogens with zero attached hydrogens (tertiary/aromatic N) is 1. The number of carbonyl (C=O) groups is 3. The van der Waals surface area contributed by atoms with E-state index in [1.807, 2.05) is 41.4 Å². The van der Waals surface area contributed by atoms with Crippen molar-refractivity contribution in [1.82, 2.24) is 25.5 Å². The van der Waals surface area contributed by atoms with E-state index in [2.05, 4.69) is 45.0 Å². The minimum Gasteiger partial charge on any atom is -0.444 e.